The molecule has 7 heteroatoms. The second-order valence-electron chi connectivity index (χ2n) is 7.77. The first-order valence-electron chi connectivity index (χ1n) is 10.9. The maximum atomic E-state index is 6.06. The summed E-state index contributed by atoms with van der Waals surface area (Å²) in [4.78, 5) is 0. The average molecular weight is 471 g/mol. The Balaban J connectivity index is 1.39. The summed E-state index contributed by atoms with van der Waals surface area (Å²) in [5.41, 5.74) is 1.11. The van der Waals surface area contributed by atoms with Gasteiger partial charge in [0, 0.05) is 10.0 Å². The normalized spacial score (nSPS) is 14.1. The lowest BCUT2D eigenvalue weighted by molar-refractivity contribution is 0.0168. The van der Waals surface area contributed by atoms with E-state index in [2.05, 4.69) is 0 Å². The van der Waals surface area contributed by atoms with Gasteiger partial charge in [0.05, 0.1) is 12.7 Å². The molecule has 3 aromatic rings. The fraction of sp³-hybridized carbons (Fsp3) is 0.280. The van der Waals surface area contributed by atoms with Crippen LogP contribution in [-0.4, -0.2) is 13.4 Å². The molecule has 0 aliphatic heterocycles. The molecule has 32 heavy (non-hydrogen) atoms. The van der Waals surface area contributed by atoms with E-state index in [-0.39, 0.29) is 0 Å². The summed E-state index contributed by atoms with van der Waals surface area (Å²) in [6.45, 7) is 0.608. The van der Waals surface area contributed by atoms with Gasteiger partial charge in [-0.3, -0.25) is 0 Å². The fourth-order valence-electron chi connectivity index (χ4n) is 3.54. The first-order valence-corrected chi connectivity index (χ1v) is 11.6. The second kappa shape index (κ2) is 11.5. The van der Waals surface area contributed by atoms with Crippen LogP contribution in [0.15, 0.2) is 72.8 Å². The Morgan fingerprint density at radius 1 is 0.625 bits per heavy atom. The minimum atomic E-state index is -0.998. The van der Waals surface area contributed by atoms with Gasteiger partial charge in [0.15, 0.2) is 0 Å². The van der Waals surface area contributed by atoms with Gasteiger partial charge in [-0.2, -0.15) is 0 Å². The van der Waals surface area contributed by atoms with Crippen LogP contribution in [0.25, 0.3) is 0 Å². The Morgan fingerprint density at radius 2 is 1.06 bits per heavy atom. The molecule has 3 aromatic carbocycles. The number of benzene rings is 3. The van der Waals surface area contributed by atoms with Crippen LogP contribution in [0.3, 0.4) is 0 Å². The summed E-state index contributed by atoms with van der Waals surface area (Å²) >= 11 is 11.9. The largest absolute Gasteiger partial charge is 0.864 e. The highest BCUT2D eigenvalue weighted by Crippen LogP contribution is 2.24. The maximum Gasteiger partial charge on any atom is 0.864 e. The number of hydrogen-bond donors (Lipinski definition) is 0. The lowest BCUT2D eigenvalue weighted by atomic mass is 9.98. The van der Waals surface area contributed by atoms with E-state index in [4.69, 9.17) is 41.9 Å². The molecule has 0 bridgehead atoms. The summed E-state index contributed by atoms with van der Waals surface area (Å²) in [7, 11) is -0.998. The van der Waals surface area contributed by atoms with Crippen molar-refractivity contribution in [3.05, 3.63) is 88.4 Å². The predicted molar refractivity (Wildman–Crippen MR) is 129 cm³/mol. The summed E-state index contributed by atoms with van der Waals surface area (Å²) in [5, 5.41) is 1.25. The van der Waals surface area contributed by atoms with Crippen LogP contribution in [0.2, 0.25) is 10.0 Å². The van der Waals surface area contributed by atoms with Crippen molar-refractivity contribution in [1.29, 1.82) is 0 Å². The summed E-state index contributed by atoms with van der Waals surface area (Å²) in [5.74, 6) is 1.77. The van der Waals surface area contributed by atoms with Crippen LogP contribution in [-0.2, 0) is 11.3 Å². The first kappa shape index (κ1) is 22.8. The Bertz CT molecular complexity index is 911. The van der Waals surface area contributed by atoms with Crippen LogP contribution in [0.5, 0.6) is 17.2 Å². The number of hydrogen-bond acceptors (Lipinski definition) is 4. The number of ether oxygens (including phenoxy) is 1. The van der Waals surface area contributed by atoms with E-state index in [0.29, 0.717) is 40.0 Å². The molecule has 4 nitrogen and oxygen atoms in total. The lowest BCUT2D eigenvalue weighted by Gasteiger charge is -2.22. The zero-order valence-electron chi connectivity index (χ0n) is 17.7. The van der Waals surface area contributed by atoms with Crippen LogP contribution in [0, 0.1) is 0 Å². The Morgan fingerprint density at radius 3 is 1.53 bits per heavy atom. The van der Waals surface area contributed by atoms with Gasteiger partial charge < -0.3 is 18.7 Å². The van der Waals surface area contributed by atoms with Gasteiger partial charge >= 0.3 is 7.32 Å². The first-order chi connectivity index (χ1) is 15.6. The SMILES string of the molecule is Clc1ccc(OB(Oc2ccc(Cl)cc2)Oc2ccc(COC3CCCCC3)cc2)cc1. The minimum Gasteiger partial charge on any atom is -0.490 e. The van der Waals surface area contributed by atoms with Crippen molar-refractivity contribution in [3.8, 4) is 17.2 Å². The average Bonchev–Trinajstić information content (AvgIpc) is 2.82. The molecule has 1 aliphatic rings. The molecule has 0 unspecified atom stereocenters. The zero-order valence-corrected chi connectivity index (χ0v) is 19.2. The molecule has 1 aliphatic carbocycles. The van der Waals surface area contributed by atoms with Crippen LogP contribution < -0.4 is 14.0 Å². The Labute approximate surface area is 199 Å². The molecule has 0 saturated heterocycles. The standard InChI is InChI=1S/C25H25BCl2O4/c27-20-8-14-24(15-9-20)31-26(32-25-16-10-21(28)11-17-25)30-23-12-6-19(7-13-23)18-29-22-4-2-1-3-5-22/h6-17,22H,1-5,18H2. The zero-order chi connectivity index (χ0) is 22.2. The Hall–Kier alpha value is -2.34. The van der Waals surface area contributed by atoms with Crippen molar-refractivity contribution in [1.82, 2.24) is 0 Å². The molecule has 1 saturated carbocycles. The smallest absolute Gasteiger partial charge is 0.490 e. The molecular weight excluding hydrogens is 446 g/mol. The highest BCUT2D eigenvalue weighted by Gasteiger charge is 2.30. The molecule has 1 fully saturated rings. The van der Waals surface area contributed by atoms with Crippen molar-refractivity contribution in [2.45, 2.75) is 44.8 Å². The molecule has 0 amide bonds. The molecular formula is C25H25BCl2O4. The third-order valence-corrected chi connectivity index (χ3v) is 5.79. The van der Waals surface area contributed by atoms with Crippen molar-refractivity contribution in [2.75, 3.05) is 0 Å². The maximum absolute atomic E-state index is 6.06. The van der Waals surface area contributed by atoms with Gasteiger partial charge in [0.2, 0.25) is 0 Å². The highest BCUT2D eigenvalue weighted by atomic mass is 35.5. The fourth-order valence-corrected chi connectivity index (χ4v) is 3.79. The topological polar surface area (TPSA) is 36.9 Å². The molecule has 0 radical (unpaired) electrons. The van der Waals surface area contributed by atoms with Crippen molar-refractivity contribution in [2.24, 2.45) is 0 Å². The summed E-state index contributed by atoms with van der Waals surface area (Å²) in [6, 6.07) is 21.8. The van der Waals surface area contributed by atoms with E-state index in [1.165, 1.54) is 19.3 Å². The molecule has 166 valence electrons. The second-order valence-corrected chi connectivity index (χ2v) is 8.64. The predicted octanol–water partition coefficient (Wildman–Crippen LogP) is 7.36. The van der Waals surface area contributed by atoms with Crippen LogP contribution in [0.1, 0.15) is 37.7 Å². The van der Waals surface area contributed by atoms with Gasteiger partial charge in [-0.05, 0) is 79.1 Å². The third-order valence-electron chi connectivity index (χ3n) is 5.29. The van der Waals surface area contributed by atoms with E-state index in [0.717, 1.165) is 18.4 Å². The van der Waals surface area contributed by atoms with E-state index in [1.807, 2.05) is 24.3 Å². The molecule has 0 atom stereocenters. The van der Waals surface area contributed by atoms with Crippen LogP contribution >= 0.6 is 23.2 Å². The highest BCUT2D eigenvalue weighted by molar-refractivity contribution is 6.39. The van der Waals surface area contributed by atoms with E-state index in [1.54, 1.807) is 48.5 Å². The number of halogens is 2. The lowest BCUT2D eigenvalue weighted by Crippen LogP contribution is -2.36. The van der Waals surface area contributed by atoms with Gasteiger partial charge in [-0.25, -0.2) is 0 Å². The van der Waals surface area contributed by atoms with E-state index >= 15 is 0 Å². The van der Waals surface area contributed by atoms with E-state index in [9.17, 15) is 0 Å². The summed E-state index contributed by atoms with van der Waals surface area (Å²) < 4.78 is 23.8. The Kier molecular flexibility index (Phi) is 8.21. The van der Waals surface area contributed by atoms with Crippen LogP contribution in [0.4, 0.5) is 0 Å². The van der Waals surface area contributed by atoms with Crippen molar-refractivity contribution >= 4 is 30.5 Å². The molecule has 0 spiro atoms. The quantitative estimate of drug-likeness (QED) is 0.306. The van der Waals surface area contributed by atoms with Crippen molar-refractivity contribution < 1.29 is 18.7 Å². The van der Waals surface area contributed by atoms with Crippen molar-refractivity contribution in [3.63, 3.8) is 0 Å². The van der Waals surface area contributed by atoms with Gasteiger partial charge in [-0.1, -0.05) is 54.6 Å². The van der Waals surface area contributed by atoms with Gasteiger partial charge in [0.25, 0.3) is 0 Å². The molecule has 0 aromatic heterocycles. The van der Waals surface area contributed by atoms with E-state index < -0.39 is 7.32 Å². The van der Waals surface area contributed by atoms with Gasteiger partial charge in [-0.15, -0.1) is 0 Å². The monoisotopic (exact) mass is 470 g/mol. The number of rotatable bonds is 9. The summed E-state index contributed by atoms with van der Waals surface area (Å²) in [6.07, 6.45) is 6.55. The minimum absolute atomic E-state index is 0.379. The van der Waals surface area contributed by atoms with Gasteiger partial charge in [0.1, 0.15) is 17.2 Å². The molecule has 4 rings (SSSR count). The third kappa shape index (κ3) is 7.09. The molecule has 0 heterocycles. The molecule has 0 N–H and O–H groups in total.